The van der Waals surface area contributed by atoms with E-state index >= 15 is 0 Å². The molecule has 0 saturated heterocycles. The maximum absolute atomic E-state index is 13.5. The number of hydrogen-bond acceptors (Lipinski definition) is 4. The molecule has 0 radical (unpaired) electrons. The minimum absolute atomic E-state index is 0.138. The van der Waals surface area contributed by atoms with E-state index in [2.05, 4.69) is 0 Å². The summed E-state index contributed by atoms with van der Waals surface area (Å²) >= 11 is 0. The molecule has 7 nitrogen and oxygen atoms in total. The Kier molecular flexibility index (Phi) is 6.63. The van der Waals surface area contributed by atoms with E-state index in [9.17, 15) is 14.4 Å². The Morgan fingerprint density at radius 2 is 1.50 bits per heavy atom. The predicted octanol–water partition coefficient (Wildman–Crippen LogP) is 4.54. The number of methoxy groups -OCH3 is 1. The summed E-state index contributed by atoms with van der Waals surface area (Å²) in [4.78, 5) is 44.4. The zero-order valence-electron chi connectivity index (χ0n) is 19.5. The summed E-state index contributed by atoms with van der Waals surface area (Å²) in [6.45, 7) is 3.65. The molecule has 7 heteroatoms. The maximum atomic E-state index is 13.5. The van der Waals surface area contributed by atoms with Gasteiger partial charge in [0.1, 0.15) is 18.7 Å². The number of para-hydroxylation sites is 3. The van der Waals surface area contributed by atoms with Crippen LogP contribution in [0.2, 0.25) is 0 Å². The van der Waals surface area contributed by atoms with Crippen LogP contribution >= 0.6 is 0 Å². The van der Waals surface area contributed by atoms with Crippen molar-refractivity contribution in [3.8, 4) is 5.75 Å². The average molecular weight is 458 g/mol. The molecule has 1 heterocycles. The second-order valence-corrected chi connectivity index (χ2v) is 8.27. The SMILES string of the molecule is COc1ccc(N(C(=O)CN2C(=O)CC(=O)N(c3ccccc3)c3ccccc32)C(C)C)cc1. The van der Waals surface area contributed by atoms with E-state index in [4.69, 9.17) is 4.74 Å². The number of nitrogens with zero attached hydrogens (tertiary/aromatic N) is 3. The summed E-state index contributed by atoms with van der Waals surface area (Å²) < 4.78 is 5.22. The summed E-state index contributed by atoms with van der Waals surface area (Å²) in [6.07, 6.45) is -0.332. The second kappa shape index (κ2) is 9.79. The van der Waals surface area contributed by atoms with Gasteiger partial charge in [-0.05, 0) is 62.4 Å². The summed E-state index contributed by atoms with van der Waals surface area (Å²) in [5.74, 6) is -0.308. The molecule has 0 bridgehead atoms. The highest BCUT2D eigenvalue weighted by atomic mass is 16.5. The Bertz CT molecular complexity index is 1190. The first-order valence-corrected chi connectivity index (χ1v) is 11.1. The van der Waals surface area contributed by atoms with Crippen molar-refractivity contribution in [1.82, 2.24) is 0 Å². The highest BCUT2D eigenvalue weighted by Gasteiger charge is 2.34. The molecule has 3 amide bonds. The van der Waals surface area contributed by atoms with Gasteiger partial charge in [0.25, 0.3) is 0 Å². The molecule has 1 aliphatic rings. The fourth-order valence-electron chi connectivity index (χ4n) is 4.17. The van der Waals surface area contributed by atoms with Gasteiger partial charge in [0.15, 0.2) is 0 Å². The summed E-state index contributed by atoms with van der Waals surface area (Å²) in [5.41, 5.74) is 2.47. The number of fused-ring (bicyclic) bond motifs is 1. The lowest BCUT2D eigenvalue weighted by molar-refractivity contribution is -0.127. The van der Waals surface area contributed by atoms with Crippen LogP contribution in [-0.2, 0) is 14.4 Å². The van der Waals surface area contributed by atoms with Crippen LogP contribution in [0.4, 0.5) is 22.7 Å². The molecule has 0 atom stereocenters. The van der Waals surface area contributed by atoms with Gasteiger partial charge in [-0.2, -0.15) is 0 Å². The highest BCUT2D eigenvalue weighted by Crippen LogP contribution is 2.37. The van der Waals surface area contributed by atoms with Crippen LogP contribution in [-0.4, -0.2) is 37.4 Å². The predicted molar refractivity (Wildman–Crippen MR) is 133 cm³/mol. The average Bonchev–Trinajstić information content (AvgIpc) is 2.93. The van der Waals surface area contributed by atoms with Crippen molar-refractivity contribution in [2.24, 2.45) is 0 Å². The number of carbonyl (C=O) groups is 3. The van der Waals surface area contributed by atoms with Crippen LogP contribution in [0.3, 0.4) is 0 Å². The van der Waals surface area contributed by atoms with Crippen molar-refractivity contribution in [3.05, 3.63) is 78.9 Å². The van der Waals surface area contributed by atoms with Gasteiger partial charge in [-0.3, -0.25) is 19.3 Å². The first-order chi connectivity index (χ1) is 16.4. The maximum Gasteiger partial charge on any atom is 0.247 e. The Morgan fingerprint density at radius 1 is 0.882 bits per heavy atom. The third-order valence-corrected chi connectivity index (χ3v) is 5.71. The first-order valence-electron chi connectivity index (χ1n) is 11.1. The van der Waals surface area contributed by atoms with Crippen molar-refractivity contribution in [3.63, 3.8) is 0 Å². The van der Waals surface area contributed by atoms with Crippen LogP contribution < -0.4 is 19.4 Å². The Morgan fingerprint density at radius 3 is 2.12 bits per heavy atom. The van der Waals surface area contributed by atoms with Gasteiger partial charge < -0.3 is 14.5 Å². The van der Waals surface area contributed by atoms with E-state index in [-0.39, 0.29) is 30.8 Å². The lowest BCUT2D eigenvalue weighted by Crippen LogP contribution is -2.46. The lowest BCUT2D eigenvalue weighted by atomic mass is 10.2. The number of hydrogen-bond donors (Lipinski definition) is 0. The van der Waals surface area contributed by atoms with Crippen molar-refractivity contribution in [2.45, 2.75) is 26.3 Å². The summed E-state index contributed by atoms with van der Waals surface area (Å²) in [7, 11) is 1.59. The molecule has 0 spiro atoms. The number of carbonyl (C=O) groups excluding carboxylic acids is 3. The van der Waals surface area contributed by atoms with E-state index < -0.39 is 5.91 Å². The number of amides is 3. The third-order valence-electron chi connectivity index (χ3n) is 5.71. The van der Waals surface area contributed by atoms with Crippen LogP contribution in [0.1, 0.15) is 20.3 Å². The standard InChI is InChI=1S/C27H27N3O4/c1-19(2)29(21-13-15-22(34-3)16-14-21)27(33)18-28-23-11-7-8-12-24(23)30(26(32)17-25(28)31)20-9-5-4-6-10-20/h4-16,19H,17-18H2,1-3H3. The quantitative estimate of drug-likeness (QED) is 0.510. The highest BCUT2D eigenvalue weighted by molar-refractivity contribution is 6.19. The van der Waals surface area contributed by atoms with Gasteiger partial charge in [-0.1, -0.05) is 30.3 Å². The van der Waals surface area contributed by atoms with Crippen molar-refractivity contribution >= 4 is 40.5 Å². The molecule has 3 aromatic carbocycles. The summed E-state index contributed by atoms with van der Waals surface area (Å²) in [5, 5.41) is 0. The minimum Gasteiger partial charge on any atom is -0.497 e. The molecule has 34 heavy (non-hydrogen) atoms. The summed E-state index contributed by atoms with van der Waals surface area (Å²) in [6, 6.07) is 23.4. The van der Waals surface area contributed by atoms with Crippen molar-refractivity contribution in [2.75, 3.05) is 28.4 Å². The lowest BCUT2D eigenvalue weighted by Gasteiger charge is -2.30. The number of benzene rings is 3. The molecule has 0 N–H and O–H groups in total. The second-order valence-electron chi connectivity index (χ2n) is 8.27. The Hall–Kier alpha value is -4.13. The largest absolute Gasteiger partial charge is 0.497 e. The topological polar surface area (TPSA) is 70.2 Å². The molecule has 3 aromatic rings. The van der Waals surface area contributed by atoms with Gasteiger partial charge in [0.05, 0.1) is 18.5 Å². The Balaban J connectivity index is 1.70. The molecule has 0 saturated carbocycles. The molecule has 0 fully saturated rings. The molecule has 0 unspecified atom stereocenters. The minimum atomic E-state index is -0.414. The number of rotatable bonds is 6. The van der Waals surface area contributed by atoms with E-state index in [1.807, 2.05) is 62.4 Å². The van der Waals surface area contributed by atoms with Crippen molar-refractivity contribution in [1.29, 1.82) is 0 Å². The van der Waals surface area contributed by atoms with Gasteiger partial charge in [0, 0.05) is 17.4 Å². The van der Waals surface area contributed by atoms with Crippen LogP contribution in [0.25, 0.3) is 0 Å². The number of ether oxygens (including phenoxy) is 1. The van der Waals surface area contributed by atoms with E-state index in [1.165, 1.54) is 4.90 Å². The molecule has 1 aliphatic heterocycles. The fraction of sp³-hybridized carbons (Fsp3) is 0.222. The molecule has 0 aliphatic carbocycles. The molecule has 174 valence electrons. The van der Waals surface area contributed by atoms with E-state index in [0.29, 0.717) is 28.5 Å². The number of anilines is 4. The zero-order valence-corrected chi connectivity index (χ0v) is 19.5. The normalized spacial score (nSPS) is 13.5. The third kappa shape index (κ3) is 4.50. The Labute approximate surface area is 199 Å². The van der Waals surface area contributed by atoms with Gasteiger partial charge in [-0.25, -0.2) is 0 Å². The van der Waals surface area contributed by atoms with Gasteiger partial charge in [-0.15, -0.1) is 0 Å². The zero-order chi connectivity index (χ0) is 24.2. The van der Waals surface area contributed by atoms with Gasteiger partial charge in [0.2, 0.25) is 17.7 Å². The molecular weight excluding hydrogens is 430 g/mol. The fourth-order valence-corrected chi connectivity index (χ4v) is 4.17. The molecular formula is C27H27N3O4. The van der Waals surface area contributed by atoms with Gasteiger partial charge >= 0.3 is 0 Å². The molecule has 4 rings (SSSR count). The van der Waals surface area contributed by atoms with Crippen LogP contribution in [0.5, 0.6) is 5.75 Å². The monoisotopic (exact) mass is 457 g/mol. The smallest absolute Gasteiger partial charge is 0.247 e. The first kappa shape index (κ1) is 23.0. The van der Waals surface area contributed by atoms with E-state index in [1.54, 1.807) is 47.2 Å². The van der Waals surface area contributed by atoms with E-state index in [0.717, 1.165) is 0 Å². The van der Waals surface area contributed by atoms with Crippen LogP contribution in [0, 0.1) is 0 Å². The van der Waals surface area contributed by atoms with Crippen molar-refractivity contribution < 1.29 is 19.1 Å². The molecule has 0 aromatic heterocycles. The van der Waals surface area contributed by atoms with Crippen LogP contribution in [0.15, 0.2) is 78.9 Å².